The van der Waals surface area contributed by atoms with Gasteiger partial charge in [0, 0.05) is 23.1 Å². The second kappa shape index (κ2) is 7.39. The van der Waals surface area contributed by atoms with E-state index in [4.69, 9.17) is 0 Å². The summed E-state index contributed by atoms with van der Waals surface area (Å²) in [5.74, 6) is -0.930. The third-order valence-corrected chi connectivity index (χ3v) is 4.93. The number of aryl methyl sites for hydroxylation is 2. The van der Waals surface area contributed by atoms with Gasteiger partial charge >= 0.3 is 6.03 Å². The van der Waals surface area contributed by atoms with E-state index in [1.807, 2.05) is 48.9 Å². The molecule has 0 atom stereocenters. The largest absolute Gasteiger partial charge is 0.329 e. The summed E-state index contributed by atoms with van der Waals surface area (Å²) in [5, 5.41) is 2.60. The number of hydrogen-bond donors (Lipinski definition) is 1. The number of hydrogen-bond acceptors (Lipinski definition) is 2. The van der Waals surface area contributed by atoms with Crippen molar-refractivity contribution in [1.29, 1.82) is 0 Å². The number of nitrogens with zero attached hydrogens (tertiary/aromatic N) is 2. The zero-order valence-electron chi connectivity index (χ0n) is 16.1. The van der Waals surface area contributed by atoms with E-state index in [1.54, 1.807) is 24.3 Å². The van der Waals surface area contributed by atoms with Gasteiger partial charge in [0.25, 0.3) is 5.91 Å². The number of carbonyl (C=O) groups is 2. The van der Waals surface area contributed by atoms with E-state index in [9.17, 15) is 14.0 Å². The van der Waals surface area contributed by atoms with Gasteiger partial charge in [0.05, 0.1) is 6.54 Å². The minimum atomic E-state index is -0.561. The van der Waals surface area contributed by atoms with E-state index in [-0.39, 0.29) is 17.8 Å². The quantitative estimate of drug-likeness (QED) is 0.534. The number of rotatable bonds is 4. The molecule has 1 aromatic heterocycles. The molecule has 4 rings (SSSR count). The van der Waals surface area contributed by atoms with Crippen molar-refractivity contribution in [1.82, 2.24) is 14.8 Å². The molecule has 0 aliphatic carbocycles. The van der Waals surface area contributed by atoms with Gasteiger partial charge in [0.1, 0.15) is 11.5 Å². The summed E-state index contributed by atoms with van der Waals surface area (Å²) in [4.78, 5) is 26.1. The first kappa shape index (κ1) is 18.7. The molecule has 1 aliphatic rings. The number of urea groups is 1. The molecular formula is C23H20FN3O2. The van der Waals surface area contributed by atoms with Gasteiger partial charge in [-0.3, -0.25) is 9.69 Å². The minimum absolute atomic E-state index is 0.118. The summed E-state index contributed by atoms with van der Waals surface area (Å²) in [5.41, 5.74) is 4.47. The first-order valence-electron chi connectivity index (χ1n) is 9.27. The van der Waals surface area contributed by atoms with Gasteiger partial charge in [0.15, 0.2) is 0 Å². The number of carbonyl (C=O) groups excluding carboxylic acids is 2. The van der Waals surface area contributed by atoms with Gasteiger partial charge in [0.2, 0.25) is 0 Å². The second-order valence-corrected chi connectivity index (χ2v) is 7.06. The lowest BCUT2D eigenvalue weighted by Gasteiger charge is -2.12. The maximum absolute atomic E-state index is 13.9. The van der Waals surface area contributed by atoms with Crippen LogP contribution < -0.4 is 5.32 Å². The molecule has 146 valence electrons. The Morgan fingerprint density at radius 2 is 1.83 bits per heavy atom. The normalized spacial score (nSPS) is 15.3. The summed E-state index contributed by atoms with van der Waals surface area (Å²) in [6.07, 6.45) is 3.54. The van der Waals surface area contributed by atoms with Crippen LogP contribution in [0.2, 0.25) is 0 Å². The van der Waals surface area contributed by atoms with Crippen LogP contribution >= 0.6 is 0 Å². The van der Waals surface area contributed by atoms with E-state index in [1.165, 1.54) is 11.6 Å². The lowest BCUT2D eigenvalue weighted by Crippen LogP contribution is -2.30. The number of halogens is 1. The molecule has 1 aliphatic heterocycles. The molecule has 0 spiro atoms. The van der Waals surface area contributed by atoms with Crippen molar-refractivity contribution in [2.24, 2.45) is 0 Å². The van der Waals surface area contributed by atoms with Crippen LogP contribution in [0.3, 0.4) is 0 Å². The van der Waals surface area contributed by atoms with Crippen molar-refractivity contribution in [3.63, 3.8) is 0 Å². The summed E-state index contributed by atoms with van der Waals surface area (Å²) in [6, 6.07) is 15.4. The predicted molar refractivity (Wildman–Crippen MR) is 109 cm³/mol. The highest BCUT2D eigenvalue weighted by Crippen LogP contribution is 2.22. The molecule has 0 radical (unpaired) electrons. The molecule has 2 aromatic carbocycles. The summed E-state index contributed by atoms with van der Waals surface area (Å²) in [7, 11) is 0. The zero-order valence-corrected chi connectivity index (χ0v) is 16.1. The molecular weight excluding hydrogens is 369 g/mol. The fourth-order valence-electron chi connectivity index (χ4n) is 3.47. The first-order chi connectivity index (χ1) is 13.9. The highest BCUT2D eigenvalue weighted by molar-refractivity contribution is 6.13. The number of nitrogens with one attached hydrogen (secondary N) is 1. The van der Waals surface area contributed by atoms with Gasteiger partial charge in [-0.25, -0.2) is 9.18 Å². The van der Waals surface area contributed by atoms with Gasteiger partial charge in [-0.2, -0.15) is 0 Å². The van der Waals surface area contributed by atoms with E-state index >= 15 is 0 Å². The molecule has 0 saturated carbocycles. The standard InChI is InChI=1S/C23H20FN3O2/c1-15-9-10-21(16(2)12-15)26-11-5-7-18(26)13-20-22(28)27(23(29)25-20)14-17-6-3-4-8-19(17)24/h3-13H,14H2,1-2H3,(H,25,29). The minimum Gasteiger partial charge on any atom is -0.317 e. The summed E-state index contributed by atoms with van der Waals surface area (Å²) < 4.78 is 15.9. The van der Waals surface area contributed by atoms with Crippen molar-refractivity contribution >= 4 is 18.0 Å². The Morgan fingerprint density at radius 3 is 2.59 bits per heavy atom. The smallest absolute Gasteiger partial charge is 0.317 e. The Morgan fingerprint density at radius 1 is 1.03 bits per heavy atom. The van der Waals surface area contributed by atoms with Crippen molar-refractivity contribution in [3.05, 3.63) is 94.7 Å². The monoisotopic (exact) mass is 389 g/mol. The summed E-state index contributed by atoms with van der Waals surface area (Å²) in [6.45, 7) is 3.94. The fraction of sp³-hybridized carbons (Fsp3) is 0.130. The van der Waals surface area contributed by atoms with Crippen LogP contribution in [0, 0.1) is 19.7 Å². The van der Waals surface area contributed by atoms with Gasteiger partial charge in [-0.1, -0.05) is 35.9 Å². The van der Waals surface area contributed by atoms with Crippen molar-refractivity contribution in [3.8, 4) is 5.69 Å². The van der Waals surface area contributed by atoms with Crippen LogP contribution in [-0.4, -0.2) is 21.4 Å². The van der Waals surface area contributed by atoms with E-state index in [0.717, 1.165) is 21.8 Å². The first-order valence-corrected chi connectivity index (χ1v) is 9.27. The van der Waals surface area contributed by atoms with Crippen LogP contribution in [0.5, 0.6) is 0 Å². The highest BCUT2D eigenvalue weighted by Gasteiger charge is 2.34. The van der Waals surface area contributed by atoms with Crippen LogP contribution in [-0.2, 0) is 11.3 Å². The third-order valence-electron chi connectivity index (χ3n) is 4.93. The molecule has 1 N–H and O–H groups in total. The van der Waals surface area contributed by atoms with Crippen molar-refractivity contribution < 1.29 is 14.0 Å². The van der Waals surface area contributed by atoms with E-state index < -0.39 is 17.8 Å². The fourth-order valence-corrected chi connectivity index (χ4v) is 3.47. The average Bonchev–Trinajstić information content (AvgIpc) is 3.23. The van der Waals surface area contributed by atoms with Crippen LogP contribution in [0.4, 0.5) is 9.18 Å². The molecule has 3 aromatic rings. The lowest BCUT2D eigenvalue weighted by atomic mass is 10.1. The Labute approximate surface area is 168 Å². The highest BCUT2D eigenvalue weighted by atomic mass is 19.1. The molecule has 5 nitrogen and oxygen atoms in total. The van der Waals surface area contributed by atoms with Crippen molar-refractivity contribution in [2.75, 3.05) is 0 Å². The van der Waals surface area contributed by atoms with Crippen LogP contribution in [0.15, 0.2) is 66.5 Å². The Hall–Kier alpha value is -3.67. The van der Waals surface area contributed by atoms with Gasteiger partial charge in [-0.05, 0) is 49.8 Å². The number of benzene rings is 2. The molecule has 0 unspecified atom stereocenters. The number of aromatic nitrogens is 1. The number of amides is 3. The van der Waals surface area contributed by atoms with Gasteiger partial charge in [-0.15, -0.1) is 0 Å². The van der Waals surface area contributed by atoms with Crippen LogP contribution in [0.1, 0.15) is 22.4 Å². The molecule has 6 heteroatoms. The second-order valence-electron chi connectivity index (χ2n) is 7.06. The van der Waals surface area contributed by atoms with Gasteiger partial charge < -0.3 is 9.88 Å². The topological polar surface area (TPSA) is 54.3 Å². The molecule has 1 fully saturated rings. The maximum Gasteiger partial charge on any atom is 0.329 e. The Kier molecular flexibility index (Phi) is 4.76. The molecule has 3 amide bonds. The third kappa shape index (κ3) is 3.57. The SMILES string of the molecule is Cc1ccc(-n2cccc2C=C2NC(=O)N(Cc3ccccc3F)C2=O)c(C)c1. The number of imide groups is 1. The Bertz CT molecular complexity index is 1150. The van der Waals surface area contributed by atoms with Crippen LogP contribution in [0.25, 0.3) is 11.8 Å². The molecule has 29 heavy (non-hydrogen) atoms. The maximum atomic E-state index is 13.9. The zero-order chi connectivity index (χ0) is 20.5. The molecule has 0 bridgehead atoms. The summed E-state index contributed by atoms with van der Waals surface area (Å²) >= 11 is 0. The lowest BCUT2D eigenvalue weighted by molar-refractivity contribution is -0.123. The Balaban J connectivity index is 1.63. The molecule has 2 heterocycles. The molecule has 1 saturated heterocycles. The predicted octanol–water partition coefficient (Wildman–Crippen LogP) is 4.33. The average molecular weight is 389 g/mol. The van der Waals surface area contributed by atoms with E-state index in [2.05, 4.69) is 11.4 Å². The van der Waals surface area contributed by atoms with E-state index in [0.29, 0.717) is 0 Å². The van der Waals surface area contributed by atoms with Crippen molar-refractivity contribution in [2.45, 2.75) is 20.4 Å².